The summed E-state index contributed by atoms with van der Waals surface area (Å²) in [6.45, 7) is 3.63. The molecule has 11 heteroatoms. The molecular formula is C25H27F2N3O6. The van der Waals surface area contributed by atoms with Gasteiger partial charge in [0.05, 0.1) is 20.3 Å². The molecule has 0 aliphatic carbocycles. The van der Waals surface area contributed by atoms with Gasteiger partial charge in [-0.2, -0.15) is 0 Å². The van der Waals surface area contributed by atoms with Gasteiger partial charge in [-0.05, 0) is 25.8 Å². The smallest absolute Gasteiger partial charge is 0.276 e. The molecule has 0 saturated carbocycles. The minimum Gasteiger partial charge on any atom is -0.491 e. The highest BCUT2D eigenvalue weighted by Crippen LogP contribution is 2.43. The largest absolute Gasteiger partial charge is 0.491 e. The highest BCUT2D eigenvalue weighted by atomic mass is 19.1. The van der Waals surface area contributed by atoms with Crippen molar-refractivity contribution in [3.8, 4) is 5.75 Å². The molecule has 192 valence electrons. The van der Waals surface area contributed by atoms with Gasteiger partial charge in [0.25, 0.3) is 11.8 Å². The second-order valence-corrected chi connectivity index (χ2v) is 9.45. The lowest BCUT2D eigenvalue weighted by Gasteiger charge is -2.54. The van der Waals surface area contributed by atoms with Gasteiger partial charge in [-0.25, -0.2) is 8.78 Å². The Labute approximate surface area is 205 Å². The van der Waals surface area contributed by atoms with Crippen LogP contribution in [0.5, 0.6) is 5.75 Å². The molecule has 3 aliphatic rings. The monoisotopic (exact) mass is 503 g/mol. The highest BCUT2D eigenvalue weighted by molar-refractivity contribution is 5.99. The van der Waals surface area contributed by atoms with Gasteiger partial charge in [0.15, 0.2) is 17.7 Å². The fourth-order valence-electron chi connectivity index (χ4n) is 5.38. The van der Waals surface area contributed by atoms with Gasteiger partial charge in [-0.3, -0.25) is 14.4 Å². The number of methoxy groups -OCH3 is 1. The van der Waals surface area contributed by atoms with Crippen molar-refractivity contribution in [3.05, 3.63) is 63.1 Å². The van der Waals surface area contributed by atoms with Crippen LogP contribution in [0.2, 0.25) is 0 Å². The second kappa shape index (κ2) is 9.29. The summed E-state index contributed by atoms with van der Waals surface area (Å²) in [7, 11) is 1.27. The van der Waals surface area contributed by atoms with Gasteiger partial charge in [-0.1, -0.05) is 6.07 Å². The van der Waals surface area contributed by atoms with E-state index in [-0.39, 0.29) is 47.1 Å². The molecule has 1 N–H and O–H groups in total. The Balaban J connectivity index is 1.45. The fourth-order valence-corrected chi connectivity index (χ4v) is 5.38. The lowest BCUT2D eigenvalue weighted by atomic mass is 9.73. The van der Waals surface area contributed by atoms with Crippen molar-refractivity contribution < 1.29 is 32.6 Å². The Morgan fingerprint density at radius 1 is 1.25 bits per heavy atom. The van der Waals surface area contributed by atoms with Gasteiger partial charge in [0.1, 0.15) is 17.2 Å². The van der Waals surface area contributed by atoms with Crippen molar-refractivity contribution in [2.24, 2.45) is 5.41 Å². The lowest BCUT2D eigenvalue weighted by Crippen LogP contribution is -2.65. The fraction of sp³-hybridized carbons (Fsp3) is 0.480. The molecule has 2 atom stereocenters. The minimum absolute atomic E-state index is 0.0550. The standard InChI is InChI=1S/C25H27F2N3O6/c1-14-25(5-7-35-8-6-25)13-36-19-12-29-11-17(21(31)22(34-2)20(29)24(33)30(14)19)23(32)28-10-15-3-4-16(26)9-18(15)27/h3-4,9,11,14,19H,5-8,10,12-13H2,1-2H3,(H,28,32)/t14-,19+/m1/s1. The van der Waals surface area contributed by atoms with Crippen LogP contribution in [-0.2, 0) is 22.6 Å². The second-order valence-electron chi connectivity index (χ2n) is 9.45. The number of carbonyl (C=O) groups excluding carboxylic acids is 2. The van der Waals surface area contributed by atoms with Crippen molar-refractivity contribution in [1.82, 2.24) is 14.8 Å². The van der Waals surface area contributed by atoms with E-state index in [1.165, 1.54) is 23.9 Å². The molecule has 9 nitrogen and oxygen atoms in total. The summed E-state index contributed by atoms with van der Waals surface area (Å²) in [5.74, 6) is -2.96. The predicted octanol–water partition coefficient (Wildman–Crippen LogP) is 2.06. The molecule has 2 amide bonds. The number of nitrogens with zero attached hydrogens (tertiary/aromatic N) is 2. The van der Waals surface area contributed by atoms with Crippen LogP contribution < -0.4 is 15.5 Å². The third-order valence-electron chi connectivity index (χ3n) is 7.60. The van der Waals surface area contributed by atoms with Gasteiger partial charge in [-0.15, -0.1) is 0 Å². The van der Waals surface area contributed by atoms with E-state index in [1.54, 1.807) is 4.90 Å². The molecule has 2 saturated heterocycles. The van der Waals surface area contributed by atoms with Crippen LogP contribution >= 0.6 is 0 Å². The molecular weight excluding hydrogens is 476 g/mol. The van der Waals surface area contributed by atoms with E-state index < -0.39 is 35.1 Å². The summed E-state index contributed by atoms with van der Waals surface area (Å²) >= 11 is 0. The number of pyridine rings is 1. The van der Waals surface area contributed by atoms with Crippen molar-refractivity contribution in [2.45, 2.75) is 45.1 Å². The maximum absolute atomic E-state index is 14.0. The normalized spacial score (nSPS) is 22.7. The number of nitrogens with one attached hydrogen (secondary N) is 1. The molecule has 5 rings (SSSR count). The van der Waals surface area contributed by atoms with Crippen molar-refractivity contribution in [1.29, 1.82) is 0 Å². The number of hydrogen-bond donors (Lipinski definition) is 1. The number of halogens is 2. The molecule has 0 bridgehead atoms. The van der Waals surface area contributed by atoms with Gasteiger partial charge >= 0.3 is 0 Å². The molecule has 1 spiro atoms. The van der Waals surface area contributed by atoms with E-state index in [0.717, 1.165) is 18.9 Å². The van der Waals surface area contributed by atoms with Gasteiger partial charge < -0.3 is 29.0 Å². The van der Waals surface area contributed by atoms with Crippen LogP contribution in [0.4, 0.5) is 8.78 Å². The zero-order valence-electron chi connectivity index (χ0n) is 20.0. The van der Waals surface area contributed by atoms with Crippen LogP contribution in [0.3, 0.4) is 0 Å². The average molecular weight is 504 g/mol. The number of amides is 2. The van der Waals surface area contributed by atoms with Crippen LogP contribution in [0.1, 0.15) is 46.2 Å². The molecule has 1 aromatic carbocycles. The number of fused-ring (bicyclic) bond motifs is 2. The van der Waals surface area contributed by atoms with E-state index >= 15 is 0 Å². The number of ether oxygens (including phenoxy) is 3. The average Bonchev–Trinajstić information content (AvgIpc) is 2.86. The minimum atomic E-state index is -0.813. The van der Waals surface area contributed by atoms with E-state index in [9.17, 15) is 23.2 Å². The van der Waals surface area contributed by atoms with Gasteiger partial charge in [0.2, 0.25) is 5.43 Å². The Kier molecular flexibility index (Phi) is 6.29. The molecule has 4 heterocycles. The summed E-state index contributed by atoms with van der Waals surface area (Å²) in [6.07, 6.45) is 2.27. The quantitative estimate of drug-likeness (QED) is 0.686. The number of aromatic nitrogens is 1. The van der Waals surface area contributed by atoms with Crippen LogP contribution in [-0.4, -0.2) is 60.5 Å². The predicted molar refractivity (Wildman–Crippen MR) is 123 cm³/mol. The summed E-state index contributed by atoms with van der Waals surface area (Å²) < 4.78 is 45.6. The maximum atomic E-state index is 14.0. The van der Waals surface area contributed by atoms with Gasteiger partial charge in [0, 0.05) is 49.0 Å². The first-order valence-corrected chi connectivity index (χ1v) is 11.8. The summed E-state index contributed by atoms with van der Waals surface area (Å²) in [5.41, 5.74) is -1.12. The molecule has 0 radical (unpaired) electrons. The number of hydrogen-bond acceptors (Lipinski definition) is 6. The van der Waals surface area contributed by atoms with E-state index in [1.807, 2.05) is 6.92 Å². The third kappa shape index (κ3) is 3.96. The lowest BCUT2D eigenvalue weighted by molar-refractivity contribution is -0.193. The summed E-state index contributed by atoms with van der Waals surface area (Å²) in [5, 5.41) is 2.48. The SMILES string of the molecule is COc1c2n(cc(C(=O)NCc3ccc(F)cc3F)c1=O)C[C@@H]1OCC3(CCOCC3)[C@@H](C)N1C2=O. The number of carbonyl (C=O) groups is 2. The zero-order chi connectivity index (χ0) is 25.6. The van der Waals surface area contributed by atoms with Crippen LogP contribution in [0.15, 0.2) is 29.2 Å². The molecule has 36 heavy (non-hydrogen) atoms. The maximum Gasteiger partial charge on any atom is 0.276 e. The first-order valence-electron chi connectivity index (χ1n) is 11.8. The number of rotatable bonds is 4. The Bertz CT molecular complexity index is 1270. The number of benzene rings is 1. The van der Waals surface area contributed by atoms with E-state index in [0.29, 0.717) is 25.9 Å². The summed E-state index contributed by atoms with van der Waals surface area (Å²) in [6, 6.07) is 2.86. The topological polar surface area (TPSA) is 99.1 Å². The molecule has 1 aromatic heterocycles. The third-order valence-corrected chi connectivity index (χ3v) is 7.60. The van der Waals surface area contributed by atoms with E-state index in [4.69, 9.17) is 14.2 Å². The van der Waals surface area contributed by atoms with Crippen LogP contribution in [0, 0.1) is 17.0 Å². The highest BCUT2D eigenvalue weighted by Gasteiger charge is 2.51. The Morgan fingerprint density at radius 2 is 2.00 bits per heavy atom. The first kappa shape index (κ1) is 24.4. The zero-order valence-corrected chi connectivity index (χ0v) is 20.0. The Morgan fingerprint density at radius 3 is 2.69 bits per heavy atom. The molecule has 2 aromatic rings. The van der Waals surface area contributed by atoms with Crippen molar-refractivity contribution in [2.75, 3.05) is 26.9 Å². The first-order chi connectivity index (χ1) is 17.3. The van der Waals surface area contributed by atoms with Crippen molar-refractivity contribution in [3.63, 3.8) is 0 Å². The van der Waals surface area contributed by atoms with Crippen molar-refractivity contribution >= 4 is 11.8 Å². The molecule has 3 aliphatic heterocycles. The summed E-state index contributed by atoms with van der Waals surface area (Å²) in [4.78, 5) is 41.4. The molecule has 0 unspecified atom stereocenters. The van der Waals surface area contributed by atoms with Crippen LogP contribution in [0.25, 0.3) is 0 Å². The molecule has 2 fully saturated rings. The Hall–Kier alpha value is -3.31. The van der Waals surface area contributed by atoms with E-state index in [2.05, 4.69) is 5.32 Å².